The van der Waals surface area contributed by atoms with Gasteiger partial charge in [-0.15, -0.1) is 0 Å². The van der Waals surface area contributed by atoms with Gasteiger partial charge in [-0.25, -0.2) is 4.98 Å². The van der Waals surface area contributed by atoms with Crippen LogP contribution in [0.4, 0.5) is 0 Å². The molecule has 2 heterocycles. The molecule has 3 rings (SSSR count). The lowest BCUT2D eigenvalue weighted by Crippen LogP contribution is -2.13. The van der Waals surface area contributed by atoms with Crippen LogP contribution in [0.1, 0.15) is 11.3 Å². The van der Waals surface area contributed by atoms with Gasteiger partial charge in [0.15, 0.2) is 0 Å². The maximum atomic E-state index is 11.8. The predicted octanol–water partition coefficient (Wildman–Crippen LogP) is 2.33. The summed E-state index contributed by atoms with van der Waals surface area (Å²) in [5, 5.41) is 3.92. The van der Waals surface area contributed by atoms with E-state index in [9.17, 15) is 4.79 Å². The molecule has 2 aromatic heterocycles. The molecule has 0 bridgehead atoms. The van der Waals surface area contributed by atoms with Gasteiger partial charge in [-0.05, 0) is 23.8 Å². The summed E-state index contributed by atoms with van der Waals surface area (Å²) in [6, 6.07) is 9.12. The van der Waals surface area contributed by atoms with Crippen LogP contribution in [0.2, 0.25) is 0 Å². The van der Waals surface area contributed by atoms with Gasteiger partial charge in [0.2, 0.25) is 4.96 Å². The summed E-state index contributed by atoms with van der Waals surface area (Å²) in [5.41, 5.74) is 3.01. The molecule has 0 spiro atoms. The summed E-state index contributed by atoms with van der Waals surface area (Å²) in [4.78, 5) is 16.7. The van der Waals surface area contributed by atoms with Crippen LogP contribution >= 0.6 is 11.3 Å². The van der Waals surface area contributed by atoms with Gasteiger partial charge in [0.05, 0.1) is 12.8 Å². The minimum atomic E-state index is -0.179. The van der Waals surface area contributed by atoms with Crippen LogP contribution in [-0.4, -0.2) is 21.7 Å². The normalized spacial score (nSPS) is 11.2. The number of benzene rings is 1. The molecule has 0 saturated carbocycles. The quantitative estimate of drug-likeness (QED) is 0.741. The molecule has 0 atom stereocenters. The second-order valence-electron chi connectivity index (χ2n) is 4.06. The Balaban J connectivity index is 1.95. The number of nitrogens with zero attached hydrogens (tertiary/aromatic N) is 3. The third-order valence-electron chi connectivity index (χ3n) is 2.75. The number of hydrogen-bond acceptors (Lipinski definition) is 5. The van der Waals surface area contributed by atoms with E-state index in [1.54, 1.807) is 18.7 Å². The fraction of sp³-hybridized carbons (Fsp3) is 0.0714. The van der Waals surface area contributed by atoms with Crippen molar-refractivity contribution >= 4 is 28.4 Å². The summed E-state index contributed by atoms with van der Waals surface area (Å²) in [6.45, 7) is 0. The van der Waals surface area contributed by atoms with Crippen LogP contribution < -0.4 is 10.3 Å². The molecular formula is C14H11N3O2S. The lowest BCUT2D eigenvalue weighted by atomic mass is 10.2. The van der Waals surface area contributed by atoms with Crippen LogP contribution in [0.25, 0.3) is 17.1 Å². The molecule has 0 amide bonds. The largest absolute Gasteiger partial charge is 0.497 e. The van der Waals surface area contributed by atoms with Crippen LogP contribution in [0.15, 0.2) is 40.6 Å². The van der Waals surface area contributed by atoms with Gasteiger partial charge in [-0.2, -0.15) is 9.61 Å². The van der Waals surface area contributed by atoms with Crippen LogP contribution in [0.3, 0.4) is 0 Å². The number of ether oxygens (including phenoxy) is 1. The molecule has 0 aliphatic heterocycles. The van der Waals surface area contributed by atoms with Crippen molar-refractivity contribution in [1.82, 2.24) is 14.6 Å². The first-order valence-corrected chi connectivity index (χ1v) is 6.80. The zero-order valence-electron chi connectivity index (χ0n) is 10.7. The first-order valence-electron chi connectivity index (χ1n) is 5.92. The highest BCUT2D eigenvalue weighted by Crippen LogP contribution is 2.15. The zero-order chi connectivity index (χ0) is 13.9. The fourth-order valence-electron chi connectivity index (χ4n) is 1.78. The third-order valence-corrected chi connectivity index (χ3v) is 3.42. The predicted molar refractivity (Wildman–Crippen MR) is 79.1 cm³/mol. The molecule has 100 valence electrons. The van der Waals surface area contributed by atoms with Crippen molar-refractivity contribution in [2.75, 3.05) is 7.11 Å². The average Bonchev–Trinajstić information content (AvgIpc) is 2.94. The number of rotatable bonds is 3. The molecule has 0 radical (unpaired) electrons. The minimum Gasteiger partial charge on any atom is -0.497 e. The second kappa shape index (κ2) is 5.26. The first kappa shape index (κ1) is 12.6. The van der Waals surface area contributed by atoms with E-state index in [0.717, 1.165) is 11.3 Å². The van der Waals surface area contributed by atoms with E-state index >= 15 is 0 Å². The van der Waals surface area contributed by atoms with E-state index in [4.69, 9.17) is 4.74 Å². The molecule has 0 fully saturated rings. The number of hydrogen-bond donors (Lipinski definition) is 0. The molecule has 6 heteroatoms. The molecule has 0 saturated heterocycles. The van der Waals surface area contributed by atoms with Crippen LogP contribution in [0, 0.1) is 0 Å². The monoisotopic (exact) mass is 285 g/mol. The Morgan fingerprint density at radius 2 is 2.20 bits per heavy atom. The van der Waals surface area contributed by atoms with E-state index in [1.807, 2.05) is 30.3 Å². The minimum absolute atomic E-state index is 0.179. The smallest absolute Gasteiger partial charge is 0.275 e. The van der Waals surface area contributed by atoms with Crippen LogP contribution in [0.5, 0.6) is 5.75 Å². The summed E-state index contributed by atoms with van der Waals surface area (Å²) < 4.78 is 6.45. The van der Waals surface area contributed by atoms with Crippen LogP contribution in [-0.2, 0) is 0 Å². The number of methoxy groups -OCH3 is 1. The summed E-state index contributed by atoms with van der Waals surface area (Å²) in [6.07, 6.45) is 3.69. The van der Waals surface area contributed by atoms with E-state index in [-0.39, 0.29) is 5.56 Å². The Bertz CT molecular complexity index is 836. The van der Waals surface area contributed by atoms with E-state index in [0.29, 0.717) is 10.7 Å². The molecule has 0 N–H and O–H groups in total. The highest BCUT2D eigenvalue weighted by Gasteiger charge is 2.01. The molecule has 3 aromatic rings. The molecular weight excluding hydrogens is 274 g/mol. The van der Waals surface area contributed by atoms with Crippen molar-refractivity contribution in [2.45, 2.75) is 0 Å². The van der Waals surface area contributed by atoms with E-state index in [1.165, 1.54) is 21.9 Å². The summed E-state index contributed by atoms with van der Waals surface area (Å²) >= 11 is 1.33. The molecule has 0 unspecified atom stereocenters. The van der Waals surface area contributed by atoms with Crippen molar-refractivity contribution in [2.24, 2.45) is 0 Å². The van der Waals surface area contributed by atoms with E-state index in [2.05, 4.69) is 10.1 Å². The maximum Gasteiger partial charge on any atom is 0.275 e. The van der Waals surface area contributed by atoms with Gasteiger partial charge >= 0.3 is 0 Å². The molecule has 20 heavy (non-hydrogen) atoms. The summed E-state index contributed by atoms with van der Waals surface area (Å²) in [7, 11) is 1.63. The lowest BCUT2D eigenvalue weighted by Gasteiger charge is -2.00. The average molecular weight is 285 g/mol. The van der Waals surface area contributed by atoms with Crippen molar-refractivity contribution in [3.8, 4) is 5.75 Å². The molecule has 0 aliphatic rings. The molecule has 1 aromatic carbocycles. The highest BCUT2D eigenvalue weighted by atomic mass is 32.1. The van der Waals surface area contributed by atoms with Gasteiger partial charge in [0, 0.05) is 6.07 Å². The summed E-state index contributed by atoms with van der Waals surface area (Å²) in [5.74, 6) is 0.790. The second-order valence-corrected chi connectivity index (χ2v) is 4.87. The Kier molecular flexibility index (Phi) is 3.30. The number of aromatic nitrogens is 3. The zero-order valence-corrected chi connectivity index (χ0v) is 11.5. The van der Waals surface area contributed by atoms with Crippen molar-refractivity contribution in [1.29, 1.82) is 0 Å². The standard InChI is InChI=1S/C14H11N3O2S/c1-19-12-4-2-3-10(7-12)5-6-11-8-13(18)17-14(16-11)20-9-15-17/h2-9H,1H3/b6-5+. The van der Waals surface area contributed by atoms with Gasteiger partial charge in [-0.3, -0.25) is 4.79 Å². The highest BCUT2D eigenvalue weighted by molar-refractivity contribution is 7.14. The van der Waals surface area contributed by atoms with Crippen molar-refractivity contribution in [3.05, 3.63) is 57.5 Å². The van der Waals surface area contributed by atoms with Crippen molar-refractivity contribution in [3.63, 3.8) is 0 Å². The fourth-order valence-corrected chi connectivity index (χ4v) is 2.42. The van der Waals surface area contributed by atoms with Crippen molar-refractivity contribution < 1.29 is 4.74 Å². The maximum absolute atomic E-state index is 11.8. The van der Waals surface area contributed by atoms with E-state index < -0.39 is 0 Å². The first-order chi connectivity index (χ1) is 9.76. The Hall–Kier alpha value is -2.47. The Labute approximate surface area is 118 Å². The Morgan fingerprint density at radius 3 is 3.05 bits per heavy atom. The SMILES string of the molecule is COc1cccc(/C=C/c2cc(=O)n3ncsc3n2)c1. The van der Waals surface area contributed by atoms with Gasteiger partial charge in [-0.1, -0.05) is 29.5 Å². The van der Waals surface area contributed by atoms with Gasteiger partial charge in [0.25, 0.3) is 5.56 Å². The van der Waals surface area contributed by atoms with Gasteiger partial charge in [0.1, 0.15) is 11.3 Å². The van der Waals surface area contributed by atoms with Gasteiger partial charge < -0.3 is 4.74 Å². The molecule has 0 aliphatic carbocycles. The Morgan fingerprint density at radius 1 is 1.30 bits per heavy atom. The lowest BCUT2D eigenvalue weighted by molar-refractivity contribution is 0.414. The third kappa shape index (κ3) is 2.46. The topological polar surface area (TPSA) is 56.5 Å². The number of fused-ring (bicyclic) bond motifs is 1. The molecule has 5 nitrogen and oxygen atoms in total.